The van der Waals surface area contributed by atoms with Crippen LogP contribution in [0.1, 0.15) is 29.8 Å². The molecule has 2 rings (SSSR count). The molecule has 0 radical (unpaired) electrons. The van der Waals surface area contributed by atoms with Gasteiger partial charge in [0.15, 0.2) is 5.78 Å². The summed E-state index contributed by atoms with van der Waals surface area (Å²) >= 11 is 5.93. The van der Waals surface area contributed by atoms with Gasteiger partial charge >= 0.3 is 0 Å². The standard InChI is InChI=1S/C17H17ClO3/c1-3-20-17-8-7-13(12(2)19)9-14(17)11-21-16-6-4-5-15(18)10-16/h4-10H,3,11H2,1-2H3. The van der Waals surface area contributed by atoms with Crippen LogP contribution < -0.4 is 9.47 Å². The molecule has 0 aromatic heterocycles. The van der Waals surface area contributed by atoms with Gasteiger partial charge in [0.05, 0.1) is 6.61 Å². The lowest BCUT2D eigenvalue weighted by Gasteiger charge is -2.12. The zero-order valence-corrected chi connectivity index (χ0v) is 12.8. The number of carbonyl (C=O) groups is 1. The van der Waals surface area contributed by atoms with Crippen molar-refractivity contribution in [1.82, 2.24) is 0 Å². The van der Waals surface area contributed by atoms with E-state index in [4.69, 9.17) is 21.1 Å². The molecular weight excluding hydrogens is 288 g/mol. The van der Waals surface area contributed by atoms with E-state index in [0.29, 0.717) is 29.5 Å². The average molecular weight is 305 g/mol. The lowest BCUT2D eigenvalue weighted by atomic mass is 10.1. The minimum Gasteiger partial charge on any atom is -0.493 e. The summed E-state index contributed by atoms with van der Waals surface area (Å²) in [6.07, 6.45) is 0. The van der Waals surface area contributed by atoms with E-state index in [1.807, 2.05) is 19.1 Å². The molecule has 0 N–H and O–H groups in total. The lowest BCUT2D eigenvalue weighted by Crippen LogP contribution is -2.03. The SMILES string of the molecule is CCOc1ccc(C(C)=O)cc1COc1cccc(Cl)c1. The number of Topliss-reactive ketones (excluding diaryl/α,β-unsaturated/α-hetero) is 1. The Morgan fingerprint density at radius 1 is 1.14 bits per heavy atom. The van der Waals surface area contributed by atoms with Crippen LogP contribution in [-0.2, 0) is 6.61 Å². The second-order valence-corrected chi connectivity index (χ2v) is 4.99. The molecule has 0 aliphatic rings. The summed E-state index contributed by atoms with van der Waals surface area (Å²) in [7, 11) is 0. The summed E-state index contributed by atoms with van der Waals surface area (Å²) in [4.78, 5) is 11.5. The number of ether oxygens (including phenoxy) is 2. The molecule has 3 nitrogen and oxygen atoms in total. The topological polar surface area (TPSA) is 35.5 Å². The van der Waals surface area contributed by atoms with Gasteiger partial charge in [-0.3, -0.25) is 4.79 Å². The van der Waals surface area contributed by atoms with Gasteiger partial charge in [-0.2, -0.15) is 0 Å². The van der Waals surface area contributed by atoms with Gasteiger partial charge in [0, 0.05) is 16.1 Å². The van der Waals surface area contributed by atoms with E-state index in [1.165, 1.54) is 6.92 Å². The van der Waals surface area contributed by atoms with Crippen molar-refractivity contribution in [3.63, 3.8) is 0 Å². The van der Waals surface area contributed by atoms with E-state index in [0.717, 1.165) is 11.3 Å². The molecule has 21 heavy (non-hydrogen) atoms. The molecule has 0 spiro atoms. The van der Waals surface area contributed by atoms with Crippen LogP contribution in [0.4, 0.5) is 0 Å². The third-order valence-corrected chi connectivity index (χ3v) is 3.19. The first-order chi connectivity index (χ1) is 10.1. The van der Waals surface area contributed by atoms with Gasteiger partial charge in [0.25, 0.3) is 0 Å². The Hall–Kier alpha value is -2.00. The van der Waals surface area contributed by atoms with Gasteiger partial charge < -0.3 is 9.47 Å². The van der Waals surface area contributed by atoms with Crippen molar-refractivity contribution < 1.29 is 14.3 Å². The molecule has 0 aliphatic heterocycles. The predicted octanol–water partition coefficient (Wildman–Crippen LogP) is 4.52. The predicted molar refractivity (Wildman–Crippen MR) is 83.4 cm³/mol. The van der Waals surface area contributed by atoms with Gasteiger partial charge in [0.1, 0.15) is 18.1 Å². The minimum atomic E-state index is 0.0158. The van der Waals surface area contributed by atoms with Crippen LogP contribution in [0.2, 0.25) is 5.02 Å². The van der Waals surface area contributed by atoms with Crippen molar-refractivity contribution in [2.45, 2.75) is 20.5 Å². The number of halogens is 1. The summed E-state index contributed by atoms with van der Waals surface area (Å²) < 4.78 is 11.3. The molecule has 0 heterocycles. The zero-order chi connectivity index (χ0) is 15.2. The zero-order valence-electron chi connectivity index (χ0n) is 12.1. The van der Waals surface area contributed by atoms with E-state index in [1.54, 1.807) is 30.3 Å². The first-order valence-corrected chi connectivity index (χ1v) is 7.13. The Bertz CT molecular complexity index is 638. The molecule has 0 bridgehead atoms. The second-order valence-electron chi connectivity index (χ2n) is 4.56. The second kappa shape index (κ2) is 7.14. The Morgan fingerprint density at radius 3 is 2.62 bits per heavy atom. The summed E-state index contributed by atoms with van der Waals surface area (Å²) in [6.45, 7) is 4.33. The van der Waals surface area contributed by atoms with Gasteiger partial charge in [-0.1, -0.05) is 17.7 Å². The van der Waals surface area contributed by atoms with E-state index in [9.17, 15) is 4.79 Å². The molecule has 0 atom stereocenters. The Labute approximate surface area is 129 Å². The fourth-order valence-corrected chi connectivity index (χ4v) is 2.11. The van der Waals surface area contributed by atoms with Crippen molar-refractivity contribution >= 4 is 17.4 Å². The van der Waals surface area contributed by atoms with Crippen molar-refractivity contribution in [2.75, 3.05) is 6.61 Å². The van der Waals surface area contributed by atoms with Crippen LogP contribution in [0.25, 0.3) is 0 Å². The molecular formula is C17H17ClO3. The molecule has 0 saturated carbocycles. The van der Waals surface area contributed by atoms with Crippen LogP contribution in [0.5, 0.6) is 11.5 Å². The third kappa shape index (κ3) is 4.23. The number of hydrogen-bond acceptors (Lipinski definition) is 3. The molecule has 0 aliphatic carbocycles. The van der Waals surface area contributed by atoms with Gasteiger partial charge in [-0.15, -0.1) is 0 Å². The van der Waals surface area contributed by atoms with Crippen molar-refractivity contribution in [3.05, 3.63) is 58.6 Å². The number of benzene rings is 2. The van der Waals surface area contributed by atoms with E-state index >= 15 is 0 Å². The molecule has 2 aromatic carbocycles. The smallest absolute Gasteiger partial charge is 0.159 e. The molecule has 0 fully saturated rings. The van der Waals surface area contributed by atoms with E-state index in [-0.39, 0.29) is 5.78 Å². The highest BCUT2D eigenvalue weighted by Crippen LogP contribution is 2.24. The number of hydrogen-bond donors (Lipinski definition) is 0. The fourth-order valence-electron chi connectivity index (χ4n) is 1.93. The molecule has 2 aromatic rings. The number of ketones is 1. The maximum atomic E-state index is 11.5. The average Bonchev–Trinajstić information content (AvgIpc) is 2.46. The molecule has 0 saturated heterocycles. The molecule has 0 amide bonds. The maximum absolute atomic E-state index is 11.5. The largest absolute Gasteiger partial charge is 0.493 e. The highest BCUT2D eigenvalue weighted by Gasteiger charge is 2.09. The number of carbonyl (C=O) groups excluding carboxylic acids is 1. The summed E-state index contributed by atoms with van der Waals surface area (Å²) in [5.74, 6) is 1.42. The van der Waals surface area contributed by atoms with E-state index < -0.39 is 0 Å². The molecule has 4 heteroatoms. The fraction of sp³-hybridized carbons (Fsp3) is 0.235. The Balaban J connectivity index is 2.20. The summed E-state index contributed by atoms with van der Waals surface area (Å²) in [6, 6.07) is 12.6. The number of rotatable bonds is 6. The van der Waals surface area contributed by atoms with Gasteiger partial charge in [-0.25, -0.2) is 0 Å². The Morgan fingerprint density at radius 2 is 1.95 bits per heavy atom. The summed E-state index contributed by atoms with van der Waals surface area (Å²) in [5.41, 5.74) is 1.48. The minimum absolute atomic E-state index is 0.0158. The van der Waals surface area contributed by atoms with Crippen LogP contribution in [0.15, 0.2) is 42.5 Å². The lowest BCUT2D eigenvalue weighted by molar-refractivity contribution is 0.101. The van der Waals surface area contributed by atoms with E-state index in [2.05, 4.69) is 0 Å². The monoisotopic (exact) mass is 304 g/mol. The van der Waals surface area contributed by atoms with Crippen molar-refractivity contribution in [1.29, 1.82) is 0 Å². The summed E-state index contributed by atoms with van der Waals surface area (Å²) in [5, 5.41) is 0.620. The van der Waals surface area contributed by atoms with Crippen molar-refractivity contribution in [2.24, 2.45) is 0 Å². The molecule has 110 valence electrons. The van der Waals surface area contributed by atoms with Gasteiger partial charge in [0.2, 0.25) is 0 Å². The maximum Gasteiger partial charge on any atom is 0.159 e. The molecule has 0 unspecified atom stereocenters. The van der Waals surface area contributed by atoms with Crippen molar-refractivity contribution in [3.8, 4) is 11.5 Å². The highest BCUT2D eigenvalue weighted by molar-refractivity contribution is 6.30. The van der Waals surface area contributed by atoms with Crippen LogP contribution in [-0.4, -0.2) is 12.4 Å². The first-order valence-electron chi connectivity index (χ1n) is 6.75. The third-order valence-electron chi connectivity index (χ3n) is 2.96. The first kappa shape index (κ1) is 15.4. The highest BCUT2D eigenvalue weighted by atomic mass is 35.5. The van der Waals surface area contributed by atoms with Crippen LogP contribution >= 0.6 is 11.6 Å². The quantitative estimate of drug-likeness (QED) is 0.736. The van der Waals surface area contributed by atoms with Crippen LogP contribution in [0.3, 0.4) is 0 Å². The van der Waals surface area contributed by atoms with Crippen LogP contribution in [0, 0.1) is 0 Å². The Kier molecular flexibility index (Phi) is 5.23. The van der Waals surface area contributed by atoms with Gasteiger partial charge in [-0.05, 0) is 50.2 Å². The normalized spacial score (nSPS) is 10.2.